The van der Waals surface area contributed by atoms with Gasteiger partial charge >= 0.3 is 7.12 Å². The normalized spacial score (nSPS) is 10.3. The quantitative estimate of drug-likeness (QED) is 0.829. The van der Waals surface area contributed by atoms with Crippen molar-refractivity contribution in [2.24, 2.45) is 0 Å². The molecule has 0 heterocycles. The van der Waals surface area contributed by atoms with Gasteiger partial charge in [0.2, 0.25) is 0 Å². The Morgan fingerprint density at radius 1 is 1.14 bits per heavy atom. The lowest BCUT2D eigenvalue weighted by Gasteiger charge is -2.13. The number of hydrogen-bond acceptors (Lipinski definition) is 4. The van der Waals surface area contributed by atoms with Gasteiger partial charge < -0.3 is 19.5 Å². The van der Waals surface area contributed by atoms with Gasteiger partial charge in [0.15, 0.2) is 0 Å². The molecule has 2 aromatic carbocycles. The van der Waals surface area contributed by atoms with Crippen molar-refractivity contribution < 1.29 is 19.5 Å². The van der Waals surface area contributed by atoms with E-state index in [1.807, 2.05) is 13.0 Å². The fourth-order valence-electron chi connectivity index (χ4n) is 2.02. The van der Waals surface area contributed by atoms with E-state index in [2.05, 4.69) is 0 Å². The molecular formula is C15H16BClO4. The maximum absolute atomic E-state index is 9.40. The van der Waals surface area contributed by atoms with E-state index in [4.69, 9.17) is 21.1 Å². The molecule has 0 aromatic heterocycles. The summed E-state index contributed by atoms with van der Waals surface area (Å²) >= 11 is 5.90. The summed E-state index contributed by atoms with van der Waals surface area (Å²) in [7, 11) is -0.000866. The lowest BCUT2D eigenvalue weighted by molar-refractivity contribution is 0.303. The van der Waals surface area contributed by atoms with Gasteiger partial charge in [0.25, 0.3) is 0 Å². The second kappa shape index (κ2) is 6.85. The van der Waals surface area contributed by atoms with Crippen LogP contribution in [0.15, 0.2) is 36.4 Å². The Bertz CT molecular complexity index is 631. The minimum Gasteiger partial charge on any atom is -0.497 e. The average Bonchev–Trinajstić information content (AvgIpc) is 2.45. The van der Waals surface area contributed by atoms with Gasteiger partial charge in [-0.15, -0.1) is 0 Å². The van der Waals surface area contributed by atoms with Crippen molar-refractivity contribution in [1.82, 2.24) is 0 Å². The fraction of sp³-hybridized carbons (Fsp3) is 0.200. The van der Waals surface area contributed by atoms with Crippen LogP contribution in [0.1, 0.15) is 11.1 Å². The Hall–Kier alpha value is -1.69. The molecule has 110 valence electrons. The highest BCUT2D eigenvalue weighted by Gasteiger charge is 2.17. The zero-order chi connectivity index (χ0) is 15.4. The van der Waals surface area contributed by atoms with Gasteiger partial charge in [0.05, 0.1) is 7.11 Å². The monoisotopic (exact) mass is 306 g/mol. The van der Waals surface area contributed by atoms with Crippen LogP contribution in [0.4, 0.5) is 0 Å². The van der Waals surface area contributed by atoms with Crippen LogP contribution < -0.4 is 14.9 Å². The number of methoxy groups -OCH3 is 1. The maximum Gasteiger partial charge on any atom is 0.488 e. The van der Waals surface area contributed by atoms with Crippen molar-refractivity contribution in [2.75, 3.05) is 7.11 Å². The van der Waals surface area contributed by atoms with E-state index in [1.54, 1.807) is 37.4 Å². The number of halogens is 1. The average molecular weight is 307 g/mol. The summed E-state index contributed by atoms with van der Waals surface area (Å²) in [5.74, 6) is 1.33. The highest BCUT2D eigenvalue weighted by Crippen LogP contribution is 2.23. The van der Waals surface area contributed by atoms with Gasteiger partial charge in [-0.05, 0) is 53.8 Å². The lowest BCUT2D eigenvalue weighted by atomic mass is 9.77. The van der Waals surface area contributed by atoms with Crippen LogP contribution in [0.3, 0.4) is 0 Å². The Morgan fingerprint density at radius 2 is 1.90 bits per heavy atom. The Kier molecular flexibility index (Phi) is 5.12. The molecule has 21 heavy (non-hydrogen) atoms. The standard InChI is InChI=1S/C15H16BClO4/c1-10-7-12(17)3-6-15(10)21-9-11-8-13(20-2)4-5-14(11)16(18)19/h3-8,18-19H,9H2,1-2H3. The van der Waals surface area contributed by atoms with Crippen molar-refractivity contribution >= 4 is 24.2 Å². The summed E-state index contributed by atoms with van der Waals surface area (Å²) in [6.07, 6.45) is 0. The summed E-state index contributed by atoms with van der Waals surface area (Å²) in [6.45, 7) is 2.10. The van der Waals surface area contributed by atoms with Crippen LogP contribution in [-0.2, 0) is 6.61 Å². The molecule has 4 nitrogen and oxygen atoms in total. The first kappa shape index (κ1) is 15.7. The van der Waals surface area contributed by atoms with Gasteiger partial charge in [0.1, 0.15) is 18.1 Å². The third kappa shape index (κ3) is 3.91. The molecule has 6 heteroatoms. The van der Waals surface area contributed by atoms with Crippen LogP contribution in [0.25, 0.3) is 0 Å². The van der Waals surface area contributed by atoms with Crippen LogP contribution in [-0.4, -0.2) is 24.3 Å². The number of hydrogen-bond donors (Lipinski definition) is 2. The van der Waals surface area contributed by atoms with Crippen LogP contribution in [0.2, 0.25) is 5.02 Å². The molecule has 0 spiro atoms. The number of rotatable bonds is 5. The van der Waals surface area contributed by atoms with Crippen molar-refractivity contribution in [3.05, 3.63) is 52.5 Å². The molecular weight excluding hydrogens is 290 g/mol. The van der Waals surface area contributed by atoms with Crippen molar-refractivity contribution in [2.45, 2.75) is 13.5 Å². The first-order valence-corrected chi connectivity index (χ1v) is 6.81. The lowest BCUT2D eigenvalue weighted by Crippen LogP contribution is -2.33. The number of ether oxygens (including phenoxy) is 2. The zero-order valence-electron chi connectivity index (χ0n) is 11.8. The van der Waals surface area contributed by atoms with Crippen LogP contribution in [0.5, 0.6) is 11.5 Å². The molecule has 2 rings (SSSR count). The SMILES string of the molecule is COc1ccc(B(O)O)c(COc2ccc(Cl)cc2C)c1. The Balaban J connectivity index is 2.22. The maximum atomic E-state index is 9.40. The predicted octanol–water partition coefficient (Wildman–Crippen LogP) is 1.92. The Morgan fingerprint density at radius 3 is 2.52 bits per heavy atom. The molecule has 0 atom stereocenters. The summed E-state index contributed by atoms with van der Waals surface area (Å²) in [5, 5.41) is 19.4. The van der Waals surface area contributed by atoms with E-state index >= 15 is 0 Å². The number of aryl methyl sites for hydroxylation is 1. The van der Waals surface area contributed by atoms with Crippen LogP contribution >= 0.6 is 11.6 Å². The second-order valence-corrected chi connectivity index (χ2v) is 5.07. The van der Waals surface area contributed by atoms with Gasteiger partial charge in [0, 0.05) is 5.02 Å². The molecule has 0 saturated carbocycles. The molecule has 0 bridgehead atoms. The molecule has 0 saturated heterocycles. The highest BCUT2D eigenvalue weighted by molar-refractivity contribution is 6.59. The van der Waals surface area contributed by atoms with Crippen molar-refractivity contribution in [1.29, 1.82) is 0 Å². The van der Waals surface area contributed by atoms with Crippen molar-refractivity contribution in [3.8, 4) is 11.5 Å². The van der Waals surface area contributed by atoms with Crippen molar-refractivity contribution in [3.63, 3.8) is 0 Å². The molecule has 0 fully saturated rings. The Labute approximate surface area is 129 Å². The molecule has 0 unspecified atom stereocenters. The number of benzene rings is 2. The summed E-state index contributed by atoms with van der Waals surface area (Å²) < 4.78 is 10.9. The van der Waals surface area contributed by atoms with E-state index in [1.165, 1.54) is 0 Å². The summed E-state index contributed by atoms with van der Waals surface area (Å²) in [4.78, 5) is 0. The van der Waals surface area contributed by atoms with Crippen LogP contribution in [0, 0.1) is 6.92 Å². The minimum atomic E-state index is -1.55. The van der Waals surface area contributed by atoms with Gasteiger partial charge in [-0.2, -0.15) is 0 Å². The predicted molar refractivity (Wildman–Crippen MR) is 83.3 cm³/mol. The molecule has 0 aliphatic carbocycles. The molecule has 0 aliphatic rings. The molecule has 2 aromatic rings. The van der Waals surface area contributed by atoms with Gasteiger partial charge in [-0.1, -0.05) is 17.7 Å². The summed E-state index contributed by atoms with van der Waals surface area (Å²) in [6, 6.07) is 10.3. The smallest absolute Gasteiger partial charge is 0.488 e. The third-order valence-corrected chi connectivity index (χ3v) is 3.38. The minimum absolute atomic E-state index is 0.201. The van der Waals surface area contributed by atoms with Gasteiger partial charge in [-0.3, -0.25) is 0 Å². The molecule has 0 radical (unpaired) electrons. The first-order valence-electron chi connectivity index (χ1n) is 6.43. The van der Waals surface area contributed by atoms with E-state index in [0.717, 1.165) is 5.56 Å². The summed E-state index contributed by atoms with van der Waals surface area (Å²) in [5.41, 5.74) is 1.96. The van der Waals surface area contributed by atoms with E-state index in [0.29, 0.717) is 27.5 Å². The first-order chi connectivity index (χ1) is 10.0. The van der Waals surface area contributed by atoms with Gasteiger partial charge in [-0.25, -0.2) is 0 Å². The topological polar surface area (TPSA) is 58.9 Å². The van der Waals surface area contributed by atoms with E-state index in [-0.39, 0.29) is 6.61 Å². The van der Waals surface area contributed by atoms with E-state index in [9.17, 15) is 10.0 Å². The molecule has 2 N–H and O–H groups in total. The molecule has 0 aliphatic heterocycles. The molecule has 0 amide bonds. The highest BCUT2D eigenvalue weighted by atomic mass is 35.5. The third-order valence-electron chi connectivity index (χ3n) is 3.15. The van der Waals surface area contributed by atoms with E-state index < -0.39 is 7.12 Å². The second-order valence-electron chi connectivity index (χ2n) is 4.64. The fourth-order valence-corrected chi connectivity index (χ4v) is 2.24. The largest absolute Gasteiger partial charge is 0.497 e. The zero-order valence-corrected chi connectivity index (χ0v) is 12.6.